The quantitative estimate of drug-likeness (QED) is 0.753. The van der Waals surface area contributed by atoms with Crippen LogP contribution in [0.3, 0.4) is 0 Å². The minimum absolute atomic E-state index is 0.180. The Balaban J connectivity index is 2.15. The predicted octanol–water partition coefficient (Wildman–Crippen LogP) is 4.48. The van der Waals surface area contributed by atoms with Gasteiger partial charge in [-0.1, -0.05) is 30.3 Å². The Bertz CT molecular complexity index is 857. The fraction of sp³-hybridized carbons (Fsp3) is 0. The van der Waals surface area contributed by atoms with Gasteiger partial charge < -0.3 is 5.11 Å². The summed E-state index contributed by atoms with van der Waals surface area (Å²) in [5, 5.41) is 10.4. The average Bonchev–Trinajstić information content (AvgIpc) is 2.49. The number of carboxylic acids is 1. The van der Waals surface area contributed by atoms with Crippen LogP contribution in [0.5, 0.6) is 0 Å². The topological polar surface area (TPSA) is 37.3 Å². The summed E-state index contributed by atoms with van der Waals surface area (Å²) in [7, 11) is 0. The summed E-state index contributed by atoms with van der Waals surface area (Å²) in [5.74, 6) is -2.79. The standard InChI is InChI=1S/C17H10F2O2/c18-15-3-1-2-14(16(15)19)12-6-4-11-9-13(17(20)21)7-5-10(11)8-12/h1-9H,(H,20,21). The van der Waals surface area contributed by atoms with Gasteiger partial charge in [-0.15, -0.1) is 0 Å². The Morgan fingerprint density at radius 1 is 0.905 bits per heavy atom. The summed E-state index contributed by atoms with van der Waals surface area (Å²) in [6.07, 6.45) is 0. The van der Waals surface area contributed by atoms with E-state index in [9.17, 15) is 13.6 Å². The third-order valence-electron chi connectivity index (χ3n) is 3.35. The maximum atomic E-state index is 13.8. The van der Waals surface area contributed by atoms with Crippen LogP contribution in [-0.2, 0) is 0 Å². The van der Waals surface area contributed by atoms with E-state index in [-0.39, 0.29) is 11.1 Å². The molecular weight excluding hydrogens is 274 g/mol. The maximum absolute atomic E-state index is 13.8. The van der Waals surface area contributed by atoms with Crippen molar-refractivity contribution >= 4 is 16.7 Å². The number of aromatic carboxylic acids is 1. The summed E-state index contributed by atoms with van der Waals surface area (Å²) < 4.78 is 27.1. The Hall–Kier alpha value is -2.75. The van der Waals surface area contributed by atoms with Crippen molar-refractivity contribution in [3.05, 3.63) is 71.8 Å². The van der Waals surface area contributed by atoms with Crippen LogP contribution in [-0.4, -0.2) is 11.1 Å². The minimum Gasteiger partial charge on any atom is -0.478 e. The van der Waals surface area contributed by atoms with Gasteiger partial charge in [-0.25, -0.2) is 13.6 Å². The molecule has 0 aliphatic heterocycles. The Morgan fingerprint density at radius 2 is 1.62 bits per heavy atom. The van der Waals surface area contributed by atoms with Crippen molar-refractivity contribution in [1.82, 2.24) is 0 Å². The fourth-order valence-electron chi connectivity index (χ4n) is 2.27. The van der Waals surface area contributed by atoms with E-state index in [4.69, 9.17) is 5.11 Å². The zero-order valence-corrected chi connectivity index (χ0v) is 10.8. The molecule has 0 saturated heterocycles. The third kappa shape index (κ3) is 2.36. The van der Waals surface area contributed by atoms with E-state index >= 15 is 0 Å². The molecule has 0 spiro atoms. The number of carbonyl (C=O) groups is 1. The summed E-state index contributed by atoms with van der Waals surface area (Å²) in [6, 6.07) is 13.8. The highest BCUT2D eigenvalue weighted by atomic mass is 19.2. The summed E-state index contributed by atoms with van der Waals surface area (Å²) in [6.45, 7) is 0. The van der Waals surface area contributed by atoms with Gasteiger partial charge in [0.25, 0.3) is 0 Å². The maximum Gasteiger partial charge on any atom is 0.335 e. The number of carboxylic acid groups (broad SMARTS) is 1. The molecule has 4 heteroatoms. The van der Waals surface area contributed by atoms with E-state index < -0.39 is 17.6 Å². The van der Waals surface area contributed by atoms with E-state index in [1.807, 2.05) is 0 Å². The number of fused-ring (bicyclic) bond motifs is 1. The number of benzene rings is 3. The summed E-state index contributed by atoms with van der Waals surface area (Å²) in [4.78, 5) is 10.9. The minimum atomic E-state index is -1.00. The lowest BCUT2D eigenvalue weighted by Gasteiger charge is -2.06. The first-order valence-electron chi connectivity index (χ1n) is 6.28. The monoisotopic (exact) mass is 284 g/mol. The Kier molecular flexibility index (Phi) is 3.14. The van der Waals surface area contributed by atoms with Crippen molar-refractivity contribution in [3.8, 4) is 11.1 Å². The van der Waals surface area contributed by atoms with E-state index in [0.717, 1.165) is 16.8 Å². The molecule has 1 N–H and O–H groups in total. The van der Waals surface area contributed by atoms with Crippen LogP contribution in [0.15, 0.2) is 54.6 Å². The molecular formula is C17H10F2O2. The molecule has 0 heterocycles. The van der Waals surface area contributed by atoms with Gasteiger partial charge in [0.05, 0.1) is 5.56 Å². The SMILES string of the molecule is O=C(O)c1ccc2cc(-c3cccc(F)c3F)ccc2c1. The second-order valence-corrected chi connectivity index (χ2v) is 4.68. The first-order valence-corrected chi connectivity index (χ1v) is 6.28. The molecule has 0 saturated carbocycles. The van der Waals surface area contributed by atoms with Gasteiger partial charge in [0.15, 0.2) is 11.6 Å². The number of rotatable bonds is 2. The van der Waals surface area contributed by atoms with Gasteiger partial charge in [-0.05, 0) is 40.6 Å². The molecule has 0 amide bonds. The summed E-state index contributed by atoms with van der Waals surface area (Å²) >= 11 is 0. The lowest BCUT2D eigenvalue weighted by atomic mass is 9.99. The molecule has 3 aromatic carbocycles. The first-order chi connectivity index (χ1) is 10.1. The second-order valence-electron chi connectivity index (χ2n) is 4.68. The van der Waals surface area contributed by atoms with Gasteiger partial charge in [-0.3, -0.25) is 0 Å². The molecule has 21 heavy (non-hydrogen) atoms. The van der Waals surface area contributed by atoms with Crippen LogP contribution in [0.2, 0.25) is 0 Å². The van der Waals surface area contributed by atoms with Crippen LogP contribution in [0.25, 0.3) is 21.9 Å². The molecule has 3 rings (SSSR count). The normalized spacial score (nSPS) is 10.8. The van der Waals surface area contributed by atoms with Gasteiger partial charge in [0.1, 0.15) is 0 Å². The van der Waals surface area contributed by atoms with Crippen molar-refractivity contribution in [3.63, 3.8) is 0 Å². The Labute approximate surface area is 119 Å². The van der Waals surface area contributed by atoms with Crippen molar-refractivity contribution in [2.24, 2.45) is 0 Å². The molecule has 0 unspecified atom stereocenters. The van der Waals surface area contributed by atoms with Crippen molar-refractivity contribution in [2.75, 3.05) is 0 Å². The van der Waals surface area contributed by atoms with E-state index in [1.165, 1.54) is 18.2 Å². The highest BCUT2D eigenvalue weighted by Gasteiger charge is 2.10. The number of hydrogen-bond donors (Lipinski definition) is 1. The molecule has 0 aliphatic carbocycles. The molecule has 0 atom stereocenters. The highest BCUT2D eigenvalue weighted by molar-refractivity contribution is 5.95. The van der Waals surface area contributed by atoms with Crippen LogP contribution >= 0.6 is 0 Å². The average molecular weight is 284 g/mol. The van der Waals surface area contributed by atoms with Crippen molar-refractivity contribution < 1.29 is 18.7 Å². The van der Waals surface area contributed by atoms with Crippen LogP contribution in [0, 0.1) is 11.6 Å². The van der Waals surface area contributed by atoms with E-state index in [2.05, 4.69) is 0 Å². The first kappa shape index (κ1) is 13.2. The second kappa shape index (κ2) is 4.98. The van der Waals surface area contributed by atoms with Gasteiger partial charge >= 0.3 is 5.97 Å². The highest BCUT2D eigenvalue weighted by Crippen LogP contribution is 2.28. The molecule has 0 bridgehead atoms. The van der Waals surface area contributed by atoms with Gasteiger partial charge in [0, 0.05) is 5.56 Å². The molecule has 104 valence electrons. The Morgan fingerprint density at radius 3 is 2.38 bits per heavy atom. The van der Waals surface area contributed by atoms with Gasteiger partial charge in [0.2, 0.25) is 0 Å². The van der Waals surface area contributed by atoms with Crippen molar-refractivity contribution in [2.45, 2.75) is 0 Å². The van der Waals surface area contributed by atoms with Crippen LogP contribution < -0.4 is 0 Å². The number of hydrogen-bond acceptors (Lipinski definition) is 1. The summed E-state index contributed by atoms with van der Waals surface area (Å²) in [5.41, 5.74) is 0.911. The molecule has 2 nitrogen and oxygen atoms in total. The van der Waals surface area contributed by atoms with Gasteiger partial charge in [-0.2, -0.15) is 0 Å². The molecule has 0 aliphatic rings. The molecule has 0 radical (unpaired) electrons. The number of halogens is 2. The molecule has 3 aromatic rings. The van der Waals surface area contributed by atoms with Crippen LogP contribution in [0.1, 0.15) is 10.4 Å². The molecule has 0 aromatic heterocycles. The molecule has 0 fully saturated rings. The largest absolute Gasteiger partial charge is 0.478 e. The van der Waals surface area contributed by atoms with Crippen molar-refractivity contribution in [1.29, 1.82) is 0 Å². The predicted molar refractivity (Wildman–Crippen MR) is 76.3 cm³/mol. The lowest BCUT2D eigenvalue weighted by Crippen LogP contribution is -1.95. The fourth-order valence-corrected chi connectivity index (χ4v) is 2.27. The van der Waals surface area contributed by atoms with E-state index in [1.54, 1.807) is 30.3 Å². The lowest BCUT2D eigenvalue weighted by molar-refractivity contribution is 0.0697. The zero-order valence-electron chi connectivity index (χ0n) is 10.8. The zero-order chi connectivity index (χ0) is 15.0. The van der Waals surface area contributed by atoms with Crippen LogP contribution in [0.4, 0.5) is 8.78 Å². The van der Waals surface area contributed by atoms with E-state index in [0.29, 0.717) is 5.56 Å². The smallest absolute Gasteiger partial charge is 0.335 e. The third-order valence-corrected chi connectivity index (χ3v) is 3.35.